The Labute approximate surface area is 147 Å². The molecule has 0 spiro atoms. The van der Waals surface area contributed by atoms with Crippen molar-refractivity contribution in [3.63, 3.8) is 0 Å². The predicted molar refractivity (Wildman–Crippen MR) is 98.7 cm³/mol. The van der Waals surface area contributed by atoms with Crippen LogP contribution >= 0.6 is 11.3 Å². The molecule has 1 aromatic heterocycles. The standard InChI is InChI=1S/C18H25N3O2S/c1-12(2)17(23)10-19-9-15-11-24-18(20-15)21(14(4)22)16-7-5-13(3)6-8-16/h5-8,11-12,17,19,23H,9-10H2,1-4H3. The van der Waals surface area contributed by atoms with E-state index >= 15 is 0 Å². The average molecular weight is 347 g/mol. The van der Waals surface area contributed by atoms with Crippen molar-refractivity contribution in [3.8, 4) is 0 Å². The number of amides is 1. The summed E-state index contributed by atoms with van der Waals surface area (Å²) in [5, 5.41) is 15.6. The first kappa shape index (κ1) is 18.6. The minimum absolute atomic E-state index is 0.0667. The zero-order chi connectivity index (χ0) is 17.7. The molecule has 2 rings (SSSR count). The van der Waals surface area contributed by atoms with Crippen molar-refractivity contribution in [2.45, 2.75) is 40.3 Å². The molecule has 0 bridgehead atoms. The van der Waals surface area contributed by atoms with Crippen LogP contribution in [-0.2, 0) is 11.3 Å². The second kappa shape index (κ2) is 8.37. The monoisotopic (exact) mass is 347 g/mol. The number of thiazole rings is 1. The summed E-state index contributed by atoms with van der Waals surface area (Å²) in [4.78, 5) is 18.2. The molecular weight excluding hydrogens is 322 g/mol. The number of rotatable bonds is 7. The second-order valence-electron chi connectivity index (χ2n) is 6.25. The molecule has 5 nitrogen and oxygen atoms in total. The second-order valence-corrected chi connectivity index (χ2v) is 7.09. The van der Waals surface area contributed by atoms with Gasteiger partial charge in [0, 0.05) is 25.4 Å². The van der Waals surface area contributed by atoms with Gasteiger partial charge in [-0.15, -0.1) is 11.3 Å². The van der Waals surface area contributed by atoms with Crippen LogP contribution in [0.4, 0.5) is 10.8 Å². The van der Waals surface area contributed by atoms with Crippen molar-refractivity contribution in [1.82, 2.24) is 10.3 Å². The van der Waals surface area contributed by atoms with E-state index in [1.54, 1.807) is 4.90 Å². The number of hydrogen-bond donors (Lipinski definition) is 2. The van der Waals surface area contributed by atoms with Crippen LogP contribution in [0.2, 0.25) is 0 Å². The third kappa shape index (κ3) is 4.87. The number of carbonyl (C=O) groups is 1. The Hall–Kier alpha value is -1.76. The first-order valence-electron chi connectivity index (χ1n) is 8.09. The number of aliphatic hydroxyl groups excluding tert-OH is 1. The van der Waals surface area contributed by atoms with Crippen molar-refractivity contribution < 1.29 is 9.90 Å². The molecule has 1 amide bonds. The topological polar surface area (TPSA) is 65.5 Å². The van der Waals surface area contributed by atoms with Crippen LogP contribution in [0.15, 0.2) is 29.6 Å². The average Bonchev–Trinajstić information content (AvgIpc) is 2.97. The quantitative estimate of drug-likeness (QED) is 0.807. The van der Waals surface area contributed by atoms with Gasteiger partial charge in [0.05, 0.1) is 17.5 Å². The van der Waals surface area contributed by atoms with Crippen molar-refractivity contribution in [2.75, 3.05) is 11.4 Å². The maximum atomic E-state index is 12.1. The highest BCUT2D eigenvalue weighted by Crippen LogP contribution is 2.29. The number of benzene rings is 1. The number of nitrogens with one attached hydrogen (secondary N) is 1. The summed E-state index contributed by atoms with van der Waals surface area (Å²) < 4.78 is 0. The summed E-state index contributed by atoms with van der Waals surface area (Å²) in [6.07, 6.45) is -0.371. The van der Waals surface area contributed by atoms with Gasteiger partial charge in [-0.05, 0) is 25.0 Å². The smallest absolute Gasteiger partial charge is 0.230 e. The van der Waals surface area contributed by atoms with E-state index in [0.29, 0.717) is 18.2 Å². The summed E-state index contributed by atoms with van der Waals surface area (Å²) in [6.45, 7) is 8.62. The summed E-state index contributed by atoms with van der Waals surface area (Å²) >= 11 is 1.44. The Bertz CT molecular complexity index is 667. The molecule has 0 fully saturated rings. The first-order chi connectivity index (χ1) is 11.4. The van der Waals surface area contributed by atoms with Gasteiger partial charge in [0.25, 0.3) is 0 Å². The van der Waals surface area contributed by atoms with Gasteiger partial charge >= 0.3 is 0 Å². The van der Waals surface area contributed by atoms with E-state index in [2.05, 4.69) is 10.3 Å². The molecule has 1 atom stereocenters. The molecule has 0 saturated carbocycles. The molecule has 2 N–H and O–H groups in total. The highest BCUT2D eigenvalue weighted by Gasteiger charge is 2.18. The Morgan fingerprint density at radius 1 is 1.33 bits per heavy atom. The van der Waals surface area contributed by atoms with Crippen LogP contribution in [0.25, 0.3) is 0 Å². The number of aliphatic hydroxyl groups is 1. The lowest BCUT2D eigenvalue weighted by molar-refractivity contribution is -0.115. The summed E-state index contributed by atoms with van der Waals surface area (Å²) in [5.74, 6) is 0.154. The minimum atomic E-state index is -0.371. The number of nitrogens with zero attached hydrogens (tertiary/aromatic N) is 2. The fraction of sp³-hybridized carbons (Fsp3) is 0.444. The zero-order valence-corrected chi connectivity index (χ0v) is 15.4. The molecule has 24 heavy (non-hydrogen) atoms. The van der Waals surface area contributed by atoms with E-state index in [9.17, 15) is 9.90 Å². The van der Waals surface area contributed by atoms with Crippen LogP contribution in [0.3, 0.4) is 0 Å². The van der Waals surface area contributed by atoms with E-state index in [4.69, 9.17) is 0 Å². The minimum Gasteiger partial charge on any atom is -0.392 e. The molecule has 2 aromatic rings. The van der Waals surface area contributed by atoms with Gasteiger partial charge in [-0.3, -0.25) is 9.69 Å². The van der Waals surface area contributed by atoms with Gasteiger partial charge in [0.15, 0.2) is 5.13 Å². The fourth-order valence-corrected chi connectivity index (χ4v) is 3.07. The number of anilines is 2. The lowest BCUT2D eigenvalue weighted by Gasteiger charge is -2.18. The number of aromatic nitrogens is 1. The molecular formula is C18H25N3O2S. The Morgan fingerprint density at radius 2 is 2.00 bits per heavy atom. The van der Waals surface area contributed by atoms with Crippen LogP contribution < -0.4 is 10.2 Å². The van der Waals surface area contributed by atoms with E-state index in [-0.39, 0.29) is 17.9 Å². The largest absolute Gasteiger partial charge is 0.392 e. The van der Waals surface area contributed by atoms with Crippen molar-refractivity contribution in [2.24, 2.45) is 5.92 Å². The van der Waals surface area contributed by atoms with E-state index < -0.39 is 0 Å². The molecule has 1 unspecified atom stereocenters. The van der Waals surface area contributed by atoms with Crippen LogP contribution in [0.5, 0.6) is 0 Å². The molecule has 130 valence electrons. The van der Waals surface area contributed by atoms with Crippen LogP contribution in [-0.4, -0.2) is 28.6 Å². The van der Waals surface area contributed by atoms with E-state index in [0.717, 1.165) is 16.9 Å². The SMILES string of the molecule is CC(=O)N(c1ccc(C)cc1)c1nc(CNCC(O)C(C)C)cs1. The summed E-state index contributed by atoms with van der Waals surface area (Å²) in [7, 11) is 0. The summed E-state index contributed by atoms with van der Waals surface area (Å²) in [5.41, 5.74) is 2.83. The number of hydrogen-bond acceptors (Lipinski definition) is 5. The summed E-state index contributed by atoms with van der Waals surface area (Å²) in [6, 6.07) is 7.81. The molecule has 1 aromatic carbocycles. The normalized spacial score (nSPS) is 12.4. The third-order valence-electron chi connectivity index (χ3n) is 3.77. The zero-order valence-electron chi connectivity index (χ0n) is 14.6. The van der Waals surface area contributed by atoms with Gasteiger partial charge in [-0.1, -0.05) is 31.5 Å². The maximum Gasteiger partial charge on any atom is 0.230 e. The Kier molecular flexibility index (Phi) is 6.48. The Morgan fingerprint density at radius 3 is 2.58 bits per heavy atom. The van der Waals surface area contributed by atoms with Gasteiger partial charge in [0.2, 0.25) is 5.91 Å². The third-order valence-corrected chi connectivity index (χ3v) is 4.64. The highest BCUT2D eigenvalue weighted by atomic mass is 32.1. The van der Waals surface area contributed by atoms with Gasteiger partial charge in [-0.25, -0.2) is 4.98 Å². The first-order valence-corrected chi connectivity index (χ1v) is 8.97. The van der Waals surface area contributed by atoms with Gasteiger partial charge < -0.3 is 10.4 Å². The van der Waals surface area contributed by atoms with Crippen molar-refractivity contribution in [1.29, 1.82) is 0 Å². The van der Waals surface area contributed by atoms with Crippen molar-refractivity contribution in [3.05, 3.63) is 40.9 Å². The molecule has 0 aliphatic heterocycles. The van der Waals surface area contributed by atoms with Gasteiger partial charge in [0.1, 0.15) is 0 Å². The maximum absolute atomic E-state index is 12.1. The van der Waals surface area contributed by atoms with Crippen LogP contribution in [0, 0.1) is 12.8 Å². The van der Waals surface area contributed by atoms with Gasteiger partial charge in [-0.2, -0.15) is 0 Å². The fourth-order valence-electron chi connectivity index (χ4n) is 2.18. The van der Waals surface area contributed by atoms with Crippen molar-refractivity contribution >= 4 is 28.1 Å². The molecule has 1 heterocycles. The van der Waals surface area contributed by atoms with E-state index in [1.807, 2.05) is 50.4 Å². The highest BCUT2D eigenvalue weighted by molar-refractivity contribution is 7.14. The lowest BCUT2D eigenvalue weighted by Crippen LogP contribution is -2.30. The molecule has 0 saturated heterocycles. The molecule has 0 aliphatic rings. The number of carbonyl (C=O) groups excluding carboxylic acids is 1. The number of aryl methyl sites for hydroxylation is 1. The Balaban J connectivity index is 2.06. The predicted octanol–water partition coefficient (Wildman–Crippen LogP) is 3.24. The van der Waals surface area contributed by atoms with E-state index in [1.165, 1.54) is 18.3 Å². The van der Waals surface area contributed by atoms with Crippen LogP contribution in [0.1, 0.15) is 32.0 Å². The molecule has 6 heteroatoms. The molecule has 0 aliphatic carbocycles. The molecule has 0 radical (unpaired) electrons. The lowest BCUT2D eigenvalue weighted by atomic mass is 10.1.